The van der Waals surface area contributed by atoms with Crippen molar-refractivity contribution >= 4 is 29.7 Å². The number of carbonyl (C=O) groups is 5. The van der Waals surface area contributed by atoms with Crippen molar-refractivity contribution in [2.45, 2.75) is 70.3 Å². The van der Waals surface area contributed by atoms with E-state index >= 15 is 0 Å². The average molecular weight is 495 g/mol. The Bertz CT molecular complexity index is 891. The van der Waals surface area contributed by atoms with Crippen LogP contribution in [0.5, 0.6) is 0 Å². The van der Waals surface area contributed by atoms with E-state index in [1.165, 1.54) is 6.92 Å². The second kappa shape index (κ2) is 14.0. The van der Waals surface area contributed by atoms with Gasteiger partial charge in [0.1, 0.15) is 18.1 Å². The van der Waals surface area contributed by atoms with Gasteiger partial charge in [-0.1, -0.05) is 44.2 Å². The predicted octanol–water partition coefficient (Wildman–Crippen LogP) is -1.00. The van der Waals surface area contributed by atoms with Gasteiger partial charge >= 0.3 is 11.9 Å². The fraction of sp³-hybridized carbons (Fsp3) is 0.522. The van der Waals surface area contributed by atoms with Crippen LogP contribution in [0.25, 0.3) is 0 Å². The van der Waals surface area contributed by atoms with Crippen LogP contribution >= 0.6 is 0 Å². The first-order chi connectivity index (χ1) is 16.3. The first-order valence-corrected chi connectivity index (χ1v) is 11.2. The Labute approximate surface area is 203 Å². The van der Waals surface area contributed by atoms with Gasteiger partial charge in [0.15, 0.2) is 0 Å². The van der Waals surface area contributed by atoms with Crippen LogP contribution in [0.15, 0.2) is 30.3 Å². The van der Waals surface area contributed by atoms with Crippen molar-refractivity contribution in [3.63, 3.8) is 0 Å². The van der Waals surface area contributed by atoms with E-state index in [4.69, 9.17) is 10.8 Å². The second-order valence-electron chi connectivity index (χ2n) is 8.59. The van der Waals surface area contributed by atoms with Crippen molar-refractivity contribution in [1.29, 1.82) is 0 Å². The minimum atomic E-state index is -1.50. The largest absolute Gasteiger partial charge is 0.481 e. The SMILES string of the molecule is CC(C)C(NC(=O)C(NC(=O)C(Cc1ccccc1)NC(=O)C(N)CCC(=O)O)C(C)O)C(=O)O. The van der Waals surface area contributed by atoms with E-state index in [0.717, 1.165) is 0 Å². The molecule has 0 radical (unpaired) electrons. The van der Waals surface area contributed by atoms with Crippen molar-refractivity contribution in [3.05, 3.63) is 35.9 Å². The lowest BCUT2D eigenvalue weighted by Crippen LogP contribution is -2.60. The molecule has 0 aliphatic heterocycles. The highest BCUT2D eigenvalue weighted by Crippen LogP contribution is 2.07. The molecule has 0 bridgehead atoms. The summed E-state index contributed by atoms with van der Waals surface area (Å²) in [6.45, 7) is 4.43. The normalized spacial score (nSPS) is 15.3. The Morgan fingerprint density at radius 1 is 0.857 bits per heavy atom. The van der Waals surface area contributed by atoms with Crippen LogP contribution in [-0.4, -0.2) is 75.3 Å². The number of aliphatic carboxylic acids is 2. The molecule has 0 aromatic heterocycles. The molecular weight excluding hydrogens is 460 g/mol. The monoisotopic (exact) mass is 494 g/mol. The molecule has 8 N–H and O–H groups in total. The number of rotatable bonds is 14. The molecule has 194 valence electrons. The number of amides is 3. The summed E-state index contributed by atoms with van der Waals surface area (Å²) in [5.74, 6) is -5.33. The van der Waals surface area contributed by atoms with Crippen LogP contribution in [0.2, 0.25) is 0 Å². The van der Waals surface area contributed by atoms with Crippen LogP contribution < -0.4 is 21.7 Å². The summed E-state index contributed by atoms with van der Waals surface area (Å²) in [4.78, 5) is 60.5. The van der Waals surface area contributed by atoms with E-state index in [-0.39, 0.29) is 19.3 Å². The molecule has 3 amide bonds. The summed E-state index contributed by atoms with van der Waals surface area (Å²) in [6, 6.07) is 3.52. The maximum absolute atomic E-state index is 13.1. The number of nitrogens with two attached hydrogens (primary N) is 1. The Morgan fingerprint density at radius 2 is 1.43 bits per heavy atom. The van der Waals surface area contributed by atoms with Gasteiger partial charge in [0.25, 0.3) is 0 Å². The van der Waals surface area contributed by atoms with E-state index < -0.39 is 65.8 Å². The molecule has 35 heavy (non-hydrogen) atoms. The van der Waals surface area contributed by atoms with Crippen LogP contribution in [0.4, 0.5) is 0 Å². The third kappa shape index (κ3) is 10.1. The molecular formula is C23H34N4O8. The van der Waals surface area contributed by atoms with Gasteiger partial charge in [0, 0.05) is 12.8 Å². The summed E-state index contributed by atoms with van der Waals surface area (Å²) >= 11 is 0. The molecule has 1 aromatic carbocycles. The number of carbonyl (C=O) groups excluding carboxylic acids is 3. The molecule has 0 spiro atoms. The lowest BCUT2D eigenvalue weighted by Gasteiger charge is -2.27. The second-order valence-corrected chi connectivity index (χ2v) is 8.59. The third-order valence-corrected chi connectivity index (χ3v) is 5.21. The molecule has 0 saturated heterocycles. The number of carboxylic acids is 2. The van der Waals surface area contributed by atoms with Crippen molar-refractivity contribution in [3.8, 4) is 0 Å². The third-order valence-electron chi connectivity index (χ3n) is 5.21. The van der Waals surface area contributed by atoms with E-state index in [2.05, 4.69) is 16.0 Å². The summed E-state index contributed by atoms with van der Waals surface area (Å²) in [5.41, 5.74) is 6.43. The van der Waals surface area contributed by atoms with Crippen LogP contribution in [0.1, 0.15) is 39.2 Å². The molecule has 1 rings (SSSR count). The molecule has 12 nitrogen and oxygen atoms in total. The molecule has 12 heteroatoms. The van der Waals surface area contributed by atoms with Gasteiger partial charge < -0.3 is 37.0 Å². The topological polar surface area (TPSA) is 208 Å². The highest BCUT2D eigenvalue weighted by atomic mass is 16.4. The minimum Gasteiger partial charge on any atom is -0.481 e. The molecule has 0 heterocycles. The number of benzene rings is 1. The molecule has 0 saturated carbocycles. The number of nitrogens with one attached hydrogen (secondary N) is 3. The fourth-order valence-electron chi connectivity index (χ4n) is 3.16. The smallest absolute Gasteiger partial charge is 0.326 e. The lowest BCUT2D eigenvalue weighted by atomic mass is 10.0. The zero-order valence-corrected chi connectivity index (χ0v) is 19.9. The number of aliphatic hydroxyl groups is 1. The number of carboxylic acid groups (broad SMARTS) is 2. The fourth-order valence-corrected chi connectivity index (χ4v) is 3.16. The molecule has 1 aromatic rings. The molecule has 5 atom stereocenters. The van der Waals surface area contributed by atoms with Crippen LogP contribution in [0, 0.1) is 5.92 Å². The van der Waals surface area contributed by atoms with E-state index in [9.17, 15) is 34.2 Å². The van der Waals surface area contributed by atoms with Gasteiger partial charge in [-0.05, 0) is 24.8 Å². The Balaban J connectivity index is 3.06. The van der Waals surface area contributed by atoms with Gasteiger partial charge in [-0.2, -0.15) is 0 Å². The van der Waals surface area contributed by atoms with Gasteiger partial charge in [-0.15, -0.1) is 0 Å². The van der Waals surface area contributed by atoms with Crippen molar-refractivity contribution in [1.82, 2.24) is 16.0 Å². The maximum atomic E-state index is 13.1. The zero-order chi connectivity index (χ0) is 26.7. The predicted molar refractivity (Wildman–Crippen MR) is 125 cm³/mol. The van der Waals surface area contributed by atoms with Crippen molar-refractivity contribution in [2.24, 2.45) is 11.7 Å². The summed E-state index contributed by atoms with van der Waals surface area (Å²) in [5, 5.41) is 35.4. The number of hydrogen-bond acceptors (Lipinski definition) is 7. The highest BCUT2D eigenvalue weighted by Gasteiger charge is 2.33. The minimum absolute atomic E-state index is 0.0158. The van der Waals surface area contributed by atoms with Crippen LogP contribution in [-0.2, 0) is 30.4 Å². The van der Waals surface area contributed by atoms with Crippen molar-refractivity contribution in [2.75, 3.05) is 0 Å². The summed E-state index contributed by atoms with van der Waals surface area (Å²) in [7, 11) is 0. The van der Waals surface area contributed by atoms with Crippen molar-refractivity contribution < 1.29 is 39.3 Å². The molecule has 0 aliphatic carbocycles. The maximum Gasteiger partial charge on any atom is 0.326 e. The molecule has 0 fully saturated rings. The zero-order valence-electron chi connectivity index (χ0n) is 19.9. The average Bonchev–Trinajstić information content (AvgIpc) is 2.78. The summed E-state index contributed by atoms with van der Waals surface area (Å²) in [6.07, 6.45) is -1.85. The van der Waals surface area contributed by atoms with Crippen LogP contribution in [0.3, 0.4) is 0 Å². The summed E-state index contributed by atoms with van der Waals surface area (Å²) < 4.78 is 0. The van der Waals surface area contributed by atoms with E-state index in [1.807, 2.05) is 0 Å². The van der Waals surface area contributed by atoms with Gasteiger partial charge in [0.05, 0.1) is 12.1 Å². The van der Waals surface area contributed by atoms with Gasteiger partial charge in [-0.3, -0.25) is 19.2 Å². The van der Waals surface area contributed by atoms with Gasteiger partial charge in [0.2, 0.25) is 17.7 Å². The first kappa shape index (κ1) is 29.5. The molecule has 5 unspecified atom stereocenters. The van der Waals surface area contributed by atoms with Gasteiger partial charge in [-0.25, -0.2) is 4.79 Å². The molecule has 0 aliphatic rings. The Morgan fingerprint density at radius 3 is 1.91 bits per heavy atom. The lowest BCUT2D eigenvalue weighted by molar-refractivity contribution is -0.144. The Kier molecular flexibility index (Phi) is 11.8. The standard InChI is InChI=1S/C23H34N4O8/c1-12(2)18(23(34)35)26-22(33)19(13(3)28)27-21(32)16(11-14-7-5-4-6-8-14)25-20(31)15(24)9-10-17(29)30/h4-8,12-13,15-16,18-19,28H,9-11,24H2,1-3H3,(H,25,31)(H,26,33)(H,27,32)(H,29,30)(H,34,35). The van der Waals surface area contributed by atoms with E-state index in [0.29, 0.717) is 5.56 Å². The quantitative estimate of drug-likeness (QED) is 0.169. The Hall–Kier alpha value is -3.51. The number of aliphatic hydroxyl groups excluding tert-OH is 1. The first-order valence-electron chi connectivity index (χ1n) is 11.2. The van der Waals surface area contributed by atoms with E-state index in [1.54, 1.807) is 44.2 Å². The number of hydrogen-bond donors (Lipinski definition) is 7. The highest BCUT2D eigenvalue weighted by molar-refractivity contribution is 5.94.